The normalized spacial score (nSPS) is 11.1. The van der Waals surface area contributed by atoms with Gasteiger partial charge in [-0.2, -0.15) is 0 Å². The summed E-state index contributed by atoms with van der Waals surface area (Å²) in [6.45, 7) is 5.23. The summed E-state index contributed by atoms with van der Waals surface area (Å²) in [6, 6.07) is 0. The summed E-state index contributed by atoms with van der Waals surface area (Å²) in [4.78, 5) is 0. The molecule has 1 N–H and O–H groups in total. The second kappa shape index (κ2) is 5.75. The maximum absolute atomic E-state index is 4.10. The Labute approximate surface area is 85.7 Å². The molecule has 1 aromatic heterocycles. The lowest BCUT2D eigenvalue weighted by molar-refractivity contribution is 0.537. The molecule has 80 valence electrons. The minimum absolute atomic E-state index is 0.733. The molecule has 0 spiro atoms. The number of hydrogen-bond donors (Lipinski definition) is 1. The van der Waals surface area contributed by atoms with Crippen molar-refractivity contribution in [2.75, 3.05) is 7.05 Å². The fraction of sp³-hybridized carbons (Fsp3) is 0.800. The van der Waals surface area contributed by atoms with E-state index in [1.807, 2.05) is 17.9 Å². The van der Waals surface area contributed by atoms with E-state index in [4.69, 9.17) is 0 Å². The van der Waals surface area contributed by atoms with Gasteiger partial charge in [0.1, 0.15) is 0 Å². The van der Waals surface area contributed by atoms with Crippen LogP contribution in [-0.4, -0.2) is 22.0 Å². The summed E-state index contributed by atoms with van der Waals surface area (Å²) in [7, 11) is 1.90. The molecular formula is C10H20N4. The van der Waals surface area contributed by atoms with Crippen molar-refractivity contribution < 1.29 is 0 Å². The van der Waals surface area contributed by atoms with Crippen molar-refractivity contribution in [1.82, 2.24) is 20.3 Å². The van der Waals surface area contributed by atoms with Gasteiger partial charge in [-0.25, -0.2) is 4.68 Å². The van der Waals surface area contributed by atoms with E-state index < -0.39 is 0 Å². The third kappa shape index (κ3) is 3.87. The fourth-order valence-corrected chi connectivity index (χ4v) is 1.38. The summed E-state index contributed by atoms with van der Waals surface area (Å²) >= 11 is 0. The summed E-state index contributed by atoms with van der Waals surface area (Å²) in [6.07, 6.45) is 5.52. The van der Waals surface area contributed by atoms with Gasteiger partial charge >= 0.3 is 0 Å². The van der Waals surface area contributed by atoms with Crippen molar-refractivity contribution in [3.05, 3.63) is 11.9 Å². The van der Waals surface area contributed by atoms with Crippen molar-refractivity contribution in [2.24, 2.45) is 5.92 Å². The highest BCUT2D eigenvalue weighted by molar-refractivity contribution is 4.91. The number of hydrogen-bond acceptors (Lipinski definition) is 3. The van der Waals surface area contributed by atoms with E-state index in [-0.39, 0.29) is 0 Å². The highest BCUT2D eigenvalue weighted by Crippen LogP contribution is 2.07. The first-order valence-electron chi connectivity index (χ1n) is 5.26. The zero-order valence-corrected chi connectivity index (χ0v) is 9.32. The standard InChI is InChI=1S/C10H20N4/c1-9(2)5-4-6-10-7-14(8-11-3)13-12-10/h7,9,11H,4-6,8H2,1-3H3. The molecule has 0 aliphatic heterocycles. The molecule has 1 aromatic rings. The lowest BCUT2D eigenvalue weighted by Gasteiger charge is -2.01. The molecule has 0 atom stereocenters. The van der Waals surface area contributed by atoms with Gasteiger partial charge in [-0.15, -0.1) is 5.10 Å². The number of aromatic nitrogens is 3. The minimum atomic E-state index is 0.733. The van der Waals surface area contributed by atoms with Crippen LogP contribution in [0.5, 0.6) is 0 Å². The largest absolute Gasteiger partial charge is 0.301 e. The monoisotopic (exact) mass is 196 g/mol. The van der Waals surface area contributed by atoms with Gasteiger partial charge in [0.2, 0.25) is 0 Å². The summed E-state index contributed by atoms with van der Waals surface area (Å²) in [5.74, 6) is 0.780. The van der Waals surface area contributed by atoms with Crippen molar-refractivity contribution in [2.45, 2.75) is 39.8 Å². The Morgan fingerprint density at radius 2 is 2.29 bits per heavy atom. The zero-order chi connectivity index (χ0) is 10.4. The first-order valence-corrected chi connectivity index (χ1v) is 5.26. The molecule has 1 rings (SSSR count). The molecule has 4 nitrogen and oxygen atoms in total. The Morgan fingerprint density at radius 3 is 2.93 bits per heavy atom. The van der Waals surface area contributed by atoms with Crippen molar-refractivity contribution in [3.63, 3.8) is 0 Å². The summed E-state index contributed by atoms with van der Waals surface area (Å²) in [5, 5.41) is 11.1. The maximum Gasteiger partial charge on any atom is 0.0919 e. The number of rotatable bonds is 6. The topological polar surface area (TPSA) is 42.7 Å². The van der Waals surface area contributed by atoms with Crippen LogP contribution in [0.15, 0.2) is 6.20 Å². The van der Waals surface area contributed by atoms with Gasteiger partial charge < -0.3 is 5.32 Å². The van der Waals surface area contributed by atoms with Crippen LogP contribution in [0.4, 0.5) is 0 Å². The van der Waals surface area contributed by atoms with Gasteiger partial charge in [0.15, 0.2) is 0 Å². The molecule has 0 fully saturated rings. The van der Waals surface area contributed by atoms with E-state index >= 15 is 0 Å². The molecule has 1 heterocycles. The van der Waals surface area contributed by atoms with Crippen LogP contribution in [0.3, 0.4) is 0 Å². The van der Waals surface area contributed by atoms with Gasteiger partial charge in [0, 0.05) is 6.20 Å². The van der Waals surface area contributed by atoms with E-state index in [0.29, 0.717) is 0 Å². The Hall–Kier alpha value is -0.900. The number of nitrogens with zero attached hydrogens (tertiary/aromatic N) is 3. The Kier molecular flexibility index (Phi) is 4.59. The van der Waals surface area contributed by atoms with E-state index in [1.165, 1.54) is 12.8 Å². The van der Waals surface area contributed by atoms with Crippen LogP contribution in [0.25, 0.3) is 0 Å². The molecule has 0 saturated heterocycles. The Balaban J connectivity index is 2.28. The zero-order valence-electron chi connectivity index (χ0n) is 9.32. The van der Waals surface area contributed by atoms with Crippen molar-refractivity contribution in [3.8, 4) is 0 Å². The third-order valence-electron chi connectivity index (χ3n) is 2.12. The van der Waals surface area contributed by atoms with E-state index in [9.17, 15) is 0 Å². The average molecular weight is 196 g/mol. The molecule has 0 aromatic carbocycles. The second-order valence-corrected chi connectivity index (χ2v) is 4.05. The number of nitrogens with one attached hydrogen (secondary N) is 1. The van der Waals surface area contributed by atoms with Crippen LogP contribution in [0, 0.1) is 5.92 Å². The molecule has 0 aliphatic rings. The van der Waals surface area contributed by atoms with Crippen LogP contribution in [0.1, 0.15) is 32.4 Å². The highest BCUT2D eigenvalue weighted by atomic mass is 15.4. The molecule has 4 heteroatoms. The molecule has 0 amide bonds. The summed E-state index contributed by atoms with van der Waals surface area (Å²) in [5.41, 5.74) is 1.10. The van der Waals surface area contributed by atoms with Gasteiger partial charge in [0.25, 0.3) is 0 Å². The van der Waals surface area contributed by atoms with Gasteiger partial charge in [-0.1, -0.05) is 25.5 Å². The van der Waals surface area contributed by atoms with Gasteiger partial charge in [-0.3, -0.25) is 0 Å². The third-order valence-corrected chi connectivity index (χ3v) is 2.12. The van der Waals surface area contributed by atoms with E-state index in [2.05, 4.69) is 29.5 Å². The van der Waals surface area contributed by atoms with Crippen LogP contribution in [0.2, 0.25) is 0 Å². The average Bonchev–Trinajstić information content (AvgIpc) is 2.53. The first kappa shape index (κ1) is 11.2. The predicted octanol–water partition coefficient (Wildman–Crippen LogP) is 1.43. The predicted molar refractivity (Wildman–Crippen MR) is 56.9 cm³/mol. The van der Waals surface area contributed by atoms with Crippen LogP contribution < -0.4 is 5.32 Å². The first-order chi connectivity index (χ1) is 6.72. The SMILES string of the molecule is CNCn1cc(CCCC(C)C)nn1. The van der Waals surface area contributed by atoms with Crippen LogP contribution >= 0.6 is 0 Å². The number of aryl methyl sites for hydroxylation is 1. The molecule has 0 aliphatic carbocycles. The highest BCUT2D eigenvalue weighted by Gasteiger charge is 2.00. The Bertz CT molecular complexity index is 254. The lowest BCUT2D eigenvalue weighted by atomic mass is 10.1. The van der Waals surface area contributed by atoms with E-state index in [0.717, 1.165) is 24.7 Å². The molecule has 0 radical (unpaired) electrons. The minimum Gasteiger partial charge on any atom is -0.301 e. The molecule has 0 unspecified atom stereocenters. The lowest BCUT2D eigenvalue weighted by Crippen LogP contribution is -2.13. The van der Waals surface area contributed by atoms with Crippen molar-refractivity contribution in [1.29, 1.82) is 0 Å². The Morgan fingerprint density at radius 1 is 1.50 bits per heavy atom. The van der Waals surface area contributed by atoms with Crippen molar-refractivity contribution >= 4 is 0 Å². The van der Waals surface area contributed by atoms with Gasteiger partial charge in [0.05, 0.1) is 12.4 Å². The molecule has 0 bridgehead atoms. The summed E-state index contributed by atoms with van der Waals surface area (Å²) < 4.78 is 1.82. The van der Waals surface area contributed by atoms with Gasteiger partial charge in [-0.05, 0) is 25.8 Å². The van der Waals surface area contributed by atoms with Crippen LogP contribution in [-0.2, 0) is 13.1 Å². The fourth-order valence-electron chi connectivity index (χ4n) is 1.38. The molecule has 0 saturated carbocycles. The molecular weight excluding hydrogens is 176 g/mol. The quantitative estimate of drug-likeness (QED) is 0.748. The molecule has 14 heavy (non-hydrogen) atoms. The maximum atomic E-state index is 4.10. The smallest absolute Gasteiger partial charge is 0.0919 e. The second-order valence-electron chi connectivity index (χ2n) is 4.05. The van der Waals surface area contributed by atoms with E-state index in [1.54, 1.807) is 0 Å².